The normalized spacial score (nSPS) is 29.2. The largest absolute Gasteiger partial charge is 0.497 e. The van der Waals surface area contributed by atoms with Crippen molar-refractivity contribution >= 4 is 0 Å². The first-order valence-corrected chi connectivity index (χ1v) is 9.44. The summed E-state index contributed by atoms with van der Waals surface area (Å²) < 4.78 is 5.40. The third-order valence-corrected chi connectivity index (χ3v) is 6.53. The van der Waals surface area contributed by atoms with Crippen LogP contribution in [-0.4, -0.2) is 7.11 Å². The van der Waals surface area contributed by atoms with E-state index in [1.54, 1.807) is 7.11 Å². The van der Waals surface area contributed by atoms with Crippen molar-refractivity contribution < 1.29 is 4.74 Å². The molecule has 3 atom stereocenters. The van der Waals surface area contributed by atoms with E-state index in [0.29, 0.717) is 0 Å². The summed E-state index contributed by atoms with van der Waals surface area (Å²) >= 11 is 0. The van der Waals surface area contributed by atoms with Gasteiger partial charge in [0.25, 0.3) is 0 Å². The van der Waals surface area contributed by atoms with Crippen molar-refractivity contribution in [1.29, 1.82) is 0 Å². The van der Waals surface area contributed by atoms with Gasteiger partial charge in [-0.05, 0) is 61.3 Å². The van der Waals surface area contributed by atoms with Crippen molar-refractivity contribution in [1.82, 2.24) is 0 Å². The number of rotatable bonds is 3. The Morgan fingerprint density at radius 3 is 2.50 bits per heavy atom. The first-order chi connectivity index (χ1) is 11.7. The Balaban J connectivity index is 1.88. The van der Waals surface area contributed by atoms with E-state index in [4.69, 9.17) is 4.74 Å². The molecule has 24 heavy (non-hydrogen) atoms. The van der Waals surface area contributed by atoms with Gasteiger partial charge in [0.15, 0.2) is 0 Å². The summed E-state index contributed by atoms with van der Waals surface area (Å²) in [6.45, 7) is 2.22. The number of ether oxygens (including phenoxy) is 1. The molecule has 0 aliphatic heterocycles. The smallest absolute Gasteiger partial charge is 0.118 e. The van der Waals surface area contributed by atoms with Crippen LogP contribution in [0.3, 0.4) is 0 Å². The zero-order chi connectivity index (χ0) is 16.6. The van der Waals surface area contributed by atoms with Gasteiger partial charge in [-0.3, -0.25) is 0 Å². The standard InChI is InChI=1S/C23H28O/c1-17-5-3-8-21(15-17)23(20-11-13-22(24-2)14-12-20)16-18-6-4-7-19(23)10-9-18/h3,5,8,11-15,18-19H,4,6-7,9-10,16H2,1-2H3. The summed E-state index contributed by atoms with van der Waals surface area (Å²) in [6, 6.07) is 18.2. The van der Waals surface area contributed by atoms with E-state index in [1.165, 1.54) is 55.2 Å². The first-order valence-electron chi connectivity index (χ1n) is 9.44. The summed E-state index contributed by atoms with van der Waals surface area (Å²) in [7, 11) is 1.75. The van der Waals surface area contributed by atoms with E-state index in [2.05, 4.69) is 55.5 Å². The van der Waals surface area contributed by atoms with Crippen LogP contribution in [0, 0.1) is 18.8 Å². The van der Waals surface area contributed by atoms with Crippen molar-refractivity contribution in [3.05, 3.63) is 65.2 Å². The predicted octanol–water partition coefficient (Wildman–Crippen LogP) is 5.89. The van der Waals surface area contributed by atoms with E-state index >= 15 is 0 Å². The van der Waals surface area contributed by atoms with Gasteiger partial charge in [0, 0.05) is 5.41 Å². The molecule has 3 saturated carbocycles. The van der Waals surface area contributed by atoms with Crippen LogP contribution in [0.15, 0.2) is 48.5 Å². The van der Waals surface area contributed by atoms with Gasteiger partial charge >= 0.3 is 0 Å². The molecule has 0 heterocycles. The fourth-order valence-electron chi connectivity index (χ4n) is 5.38. The third-order valence-electron chi connectivity index (χ3n) is 6.53. The lowest BCUT2D eigenvalue weighted by atomic mass is 9.57. The molecular weight excluding hydrogens is 292 g/mol. The molecule has 0 spiro atoms. The molecule has 3 fully saturated rings. The molecule has 0 N–H and O–H groups in total. The fourth-order valence-corrected chi connectivity index (χ4v) is 5.38. The molecule has 1 heteroatoms. The molecule has 3 unspecified atom stereocenters. The Morgan fingerprint density at radius 2 is 1.75 bits per heavy atom. The number of aryl methyl sites for hydroxylation is 1. The van der Waals surface area contributed by atoms with Crippen LogP contribution in [0.25, 0.3) is 0 Å². The maximum Gasteiger partial charge on any atom is 0.118 e. The molecule has 3 aliphatic rings. The highest BCUT2D eigenvalue weighted by Crippen LogP contribution is 2.55. The second-order valence-electron chi connectivity index (χ2n) is 7.84. The molecule has 1 nitrogen and oxygen atoms in total. The summed E-state index contributed by atoms with van der Waals surface area (Å²) in [5.74, 6) is 2.61. The Morgan fingerprint density at radius 1 is 0.917 bits per heavy atom. The lowest BCUT2D eigenvalue weighted by Crippen LogP contribution is -2.40. The Hall–Kier alpha value is -1.76. The third kappa shape index (κ3) is 2.55. The zero-order valence-corrected chi connectivity index (χ0v) is 14.9. The van der Waals surface area contributed by atoms with Gasteiger partial charge in [-0.25, -0.2) is 0 Å². The number of hydrogen-bond acceptors (Lipinski definition) is 1. The molecule has 0 radical (unpaired) electrons. The van der Waals surface area contributed by atoms with E-state index in [9.17, 15) is 0 Å². The topological polar surface area (TPSA) is 9.23 Å². The quantitative estimate of drug-likeness (QED) is 0.685. The van der Waals surface area contributed by atoms with Crippen LogP contribution in [-0.2, 0) is 5.41 Å². The predicted molar refractivity (Wildman–Crippen MR) is 99.6 cm³/mol. The SMILES string of the molecule is COc1ccc(C2(c3cccc(C)c3)CC3CCCC2CC3)cc1. The maximum atomic E-state index is 5.40. The molecule has 3 aliphatic carbocycles. The molecule has 2 aromatic carbocycles. The average Bonchev–Trinajstić information content (AvgIpc) is 2.96. The molecule has 5 rings (SSSR count). The van der Waals surface area contributed by atoms with Gasteiger partial charge in [0.1, 0.15) is 5.75 Å². The molecule has 2 bridgehead atoms. The van der Waals surface area contributed by atoms with Gasteiger partial charge < -0.3 is 4.74 Å². The van der Waals surface area contributed by atoms with Gasteiger partial charge in [0.2, 0.25) is 0 Å². The highest BCUT2D eigenvalue weighted by Gasteiger charge is 2.47. The second-order valence-corrected chi connectivity index (χ2v) is 7.84. The van der Waals surface area contributed by atoms with Crippen molar-refractivity contribution in [3.8, 4) is 5.75 Å². The number of benzene rings is 2. The molecule has 0 aromatic heterocycles. The van der Waals surface area contributed by atoms with Crippen LogP contribution < -0.4 is 4.74 Å². The Kier molecular flexibility index (Phi) is 4.12. The molecule has 0 amide bonds. The van der Waals surface area contributed by atoms with E-state index in [0.717, 1.165) is 17.6 Å². The van der Waals surface area contributed by atoms with Gasteiger partial charge in [-0.1, -0.05) is 61.2 Å². The summed E-state index contributed by atoms with van der Waals surface area (Å²) in [5, 5.41) is 0. The van der Waals surface area contributed by atoms with Crippen LogP contribution in [0.5, 0.6) is 5.75 Å². The van der Waals surface area contributed by atoms with Crippen LogP contribution in [0.4, 0.5) is 0 Å². The maximum absolute atomic E-state index is 5.40. The van der Waals surface area contributed by atoms with Crippen molar-refractivity contribution in [2.45, 2.75) is 50.9 Å². The lowest BCUT2D eigenvalue weighted by Gasteiger charge is -2.46. The van der Waals surface area contributed by atoms with E-state index < -0.39 is 0 Å². The number of hydrogen-bond donors (Lipinski definition) is 0. The van der Waals surface area contributed by atoms with Crippen LogP contribution >= 0.6 is 0 Å². The minimum absolute atomic E-state index is 0.192. The zero-order valence-electron chi connectivity index (χ0n) is 14.9. The van der Waals surface area contributed by atoms with Gasteiger partial charge in [-0.2, -0.15) is 0 Å². The first kappa shape index (κ1) is 15.7. The molecule has 0 saturated heterocycles. The summed E-state index contributed by atoms with van der Waals surface area (Å²) in [4.78, 5) is 0. The lowest BCUT2D eigenvalue weighted by molar-refractivity contribution is 0.192. The van der Waals surface area contributed by atoms with Crippen molar-refractivity contribution in [2.24, 2.45) is 11.8 Å². The van der Waals surface area contributed by atoms with Crippen LogP contribution in [0.1, 0.15) is 55.2 Å². The van der Waals surface area contributed by atoms with E-state index in [-0.39, 0.29) is 5.41 Å². The number of methoxy groups -OCH3 is 1. The van der Waals surface area contributed by atoms with Gasteiger partial charge in [0.05, 0.1) is 7.11 Å². The van der Waals surface area contributed by atoms with Crippen molar-refractivity contribution in [3.63, 3.8) is 0 Å². The average molecular weight is 320 g/mol. The Bertz CT molecular complexity index is 698. The Labute approximate surface area is 146 Å². The molecule has 126 valence electrons. The van der Waals surface area contributed by atoms with Crippen LogP contribution in [0.2, 0.25) is 0 Å². The summed E-state index contributed by atoms with van der Waals surface area (Å²) in [6.07, 6.45) is 8.31. The second kappa shape index (κ2) is 6.27. The monoisotopic (exact) mass is 320 g/mol. The van der Waals surface area contributed by atoms with Gasteiger partial charge in [-0.15, -0.1) is 0 Å². The summed E-state index contributed by atoms with van der Waals surface area (Å²) in [5.41, 5.74) is 4.59. The van der Waals surface area contributed by atoms with E-state index in [1.807, 2.05) is 0 Å². The minimum atomic E-state index is 0.192. The highest BCUT2D eigenvalue weighted by molar-refractivity contribution is 5.44. The van der Waals surface area contributed by atoms with Crippen molar-refractivity contribution in [2.75, 3.05) is 7.11 Å². The highest BCUT2D eigenvalue weighted by atomic mass is 16.5. The molecule has 2 aromatic rings. The number of fused-ring (bicyclic) bond motifs is 4. The fraction of sp³-hybridized carbons (Fsp3) is 0.478. The molecular formula is C23H28O. The minimum Gasteiger partial charge on any atom is -0.497 e.